The molecule has 12 nitrogen and oxygen atoms in total. The van der Waals surface area contributed by atoms with Crippen LogP contribution in [0.3, 0.4) is 0 Å². The predicted molar refractivity (Wildman–Crippen MR) is 161 cm³/mol. The minimum absolute atomic E-state index is 0.00873. The van der Waals surface area contributed by atoms with Gasteiger partial charge in [-0.15, -0.1) is 0 Å². The normalized spacial score (nSPS) is 21.2. The Morgan fingerprint density at radius 1 is 1.00 bits per heavy atom. The van der Waals surface area contributed by atoms with E-state index in [9.17, 15) is 18.4 Å². The molecule has 242 valence electrons. The molecule has 2 amide bonds. The third-order valence-corrected chi connectivity index (χ3v) is 8.70. The molecule has 0 atom stereocenters. The zero-order valence-corrected chi connectivity index (χ0v) is 25.4. The van der Waals surface area contributed by atoms with E-state index in [1.807, 2.05) is 9.80 Å². The first kappa shape index (κ1) is 30.9. The third kappa shape index (κ3) is 7.10. The number of morpholine rings is 1. The van der Waals surface area contributed by atoms with E-state index >= 15 is 0 Å². The summed E-state index contributed by atoms with van der Waals surface area (Å²) in [6, 6.07) is 8.57. The van der Waals surface area contributed by atoms with E-state index < -0.39 is 18.3 Å². The number of likely N-dealkylation sites (tertiary alicyclic amines) is 1. The predicted octanol–water partition coefficient (Wildman–Crippen LogP) is 4.26. The standard InChI is InChI=1S/C31H39F2N7O5/c1-2-44-31(42)34-21-11-13-38(14-12-21)29(41)20-7-9-22(10-8-20)45-26-19-25(36-30(37-26)39-15-17-43-18-16-39)40-24-6-4-3-5-23(24)35-28(40)27(32)33/h3-6,19-22,27H,2,7-18H2,1H3,(H,34,42)/t20-,22-. The number of anilines is 1. The molecule has 1 aromatic carbocycles. The second-order valence-electron chi connectivity index (χ2n) is 11.6. The van der Waals surface area contributed by atoms with Crippen LogP contribution in [0.1, 0.15) is 57.7 Å². The van der Waals surface area contributed by atoms with Crippen LogP contribution < -0.4 is 15.0 Å². The first-order chi connectivity index (χ1) is 21.9. The minimum Gasteiger partial charge on any atom is -0.474 e. The Kier molecular flexibility index (Phi) is 9.57. The molecule has 0 radical (unpaired) electrons. The second kappa shape index (κ2) is 13.9. The maximum absolute atomic E-state index is 14.2. The van der Waals surface area contributed by atoms with Gasteiger partial charge >= 0.3 is 6.09 Å². The smallest absolute Gasteiger partial charge is 0.407 e. The van der Waals surface area contributed by atoms with E-state index in [4.69, 9.17) is 19.2 Å². The van der Waals surface area contributed by atoms with Crippen LogP contribution in [-0.2, 0) is 14.3 Å². The molecule has 0 bridgehead atoms. The molecule has 2 aliphatic heterocycles. The number of benzene rings is 1. The van der Waals surface area contributed by atoms with Crippen LogP contribution in [0, 0.1) is 5.92 Å². The fourth-order valence-electron chi connectivity index (χ4n) is 6.35. The number of halogens is 2. The number of hydrogen-bond acceptors (Lipinski definition) is 9. The van der Waals surface area contributed by atoms with Crippen molar-refractivity contribution in [3.8, 4) is 11.7 Å². The van der Waals surface area contributed by atoms with E-state index in [1.54, 1.807) is 37.3 Å². The Labute approximate surface area is 260 Å². The number of nitrogens with one attached hydrogen (secondary N) is 1. The Bertz CT molecular complexity index is 1480. The number of piperidine rings is 1. The van der Waals surface area contributed by atoms with Crippen molar-refractivity contribution >= 4 is 29.0 Å². The lowest BCUT2D eigenvalue weighted by Gasteiger charge is -2.36. The number of ether oxygens (including phenoxy) is 3. The van der Waals surface area contributed by atoms with Crippen molar-refractivity contribution < 1.29 is 32.6 Å². The van der Waals surface area contributed by atoms with Crippen LogP contribution in [0.4, 0.5) is 19.5 Å². The van der Waals surface area contributed by atoms with Crippen LogP contribution in [0.5, 0.6) is 5.88 Å². The number of fused-ring (bicyclic) bond motifs is 1. The summed E-state index contributed by atoms with van der Waals surface area (Å²) in [5.41, 5.74) is 0.967. The molecular formula is C31H39F2N7O5. The van der Waals surface area contributed by atoms with Gasteiger partial charge in [0.25, 0.3) is 6.43 Å². The van der Waals surface area contributed by atoms with Gasteiger partial charge in [0.05, 0.1) is 30.9 Å². The summed E-state index contributed by atoms with van der Waals surface area (Å²) in [6.45, 7) is 5.45. The van der Waals surface area contributed by atoms with Gasteiger partial charge in [0.15, 0.2) is 5.82 Å². The van der Waals surface area contributed by atoms with Crippen molar-refractivity contribution in [1.82, 2.24) is 29.7 Å². The van der Waals surface area contributed by atoms with Gasteiger partial charge in [0, 0.05) is 44.2 Å². The highest BCUT2D eigenvalue weighted by Crippen LogP contribution is 2.32. The number of amides is 2. The van der Waals surface area contributed by atoms with Gasteiger partial charge in [-0.1, -0.05) is 12.1 Å². The zero-order valence-electron chi connectivity index (χ0n) is 25.4. The fourth-order valence-corrected chi connectivity index (χ4v) is 6.35. The quantitative estimate of drug-likeness (QED) is 0.390. The molecule has 6 rings (SSSR count). The highest BCUT2D eigenvalue weighted by Gasteiger charge is 2.33. The SMILES string of the molecule is CCOC(=O)NC1CCN(C(=O)[C@H]2CC[C@H](Oc3cc(-n4c(C(F)F)nc5ccccc54)nc(N4CCOCC4)n3)CC2)CC1. The number of carbonyl (C=O) groups is 2. The Hall–Kier alpha value is -4.07. The molecule has 1 aliphatic carbocycles. The summed E-state index contributed by atoms with van der Waals surface area (Å²) >= 11 is 0. The number of aromatic nitrogens is 4. The zero-order chi connectivity index (χ0) is 31.3. The maximum atomic E-state index is 14.2. The van der Waals surface area contributed by atoms with Gasteiger partial charge in [-0.25, -0.2) is 18.6 Å². The lowest BCUT2D eigenvalue weighted by Crippen LogP contribution is -2.48. The largest absolute Gasteiger partial charge is 0.474 e. The molecule has 14 heteroatoms. The number of rotatable bonds is 8. The summed E-state index contributed by atoms with van der Waals surface area (Å²) in [7, 11) is 0. The Balaban J connectivity index is 1.14. The van der Waals surface area contributed by atoms with Crippen molar-refractivity contribution in [3.05, 3.63) is 36.2 Å². The molecule has 0 unspecified atom stereocenters. The summed E-state index contributed by atoms with van der Waals surface area (Å²) in [4.78, 5) is 42.5. The van der Waals surface area contributed by atoms with Gasteiger partial charge in [0.2, 0.25) is 17.7 Å². The highest BCUT2D eigenvalue weighted by molar-refractivity contribution is 5.79. The van der Waals surface area contributed by atoms with Gasteiger partial charge in [-0.3, -0.25) is 9.36 Å². The van der Waals surface area contributed by atoms with E-state index in [-0.39, 0.29) is 29.8 Å². The van der Waals surface area contributed by atoms with Crippen LogP contribution in [0.25, 0.3) is 16.9 Å². The van der Waals surface area contributed by atoms with E-state index in [0.29, 0.717) is 107 Å². The Morgan fingerprint density at radius 2 is 1.73 bits per heavy atom. The molecule has 3 aliphatic rings. The molecule has 3 fully saturated rings. The van der Waals surface area contributed by atoms with Crippen molar-refractivity contribution in [3.63, 3.8) is 0 Å². The summed E-state index contributed by atoms with van der Waals surface area (Å²) in [5.74, 6) is 0.603. The number of nitrogens with zero attached hydrogens (tertiary/aromatic N) is 6. The fraction of sp³-hybridized carbons (Fsp3) is 0.581. The molecule has 2 aromatic heterocycles. The average molecular weight is 628 g/mol. The van der Waals surface area contributed by atoms with Crippen LogP contribution in [0.2, 0.25) is 0 Å². The first-order valence-corrected chi connectivity index (χ1v) is 15.8. The first-order valence-electron chi connectivity index (χ1n) is 15.8. The van der Waals surface area contributed by atoms with E-state index in [2.05, 4.69) is 15.3 Å². The van der Waals surface area contributed by atoms with Crippen molar-refractivity contribution in [2.45, 2.75) is 64.0 Å². The molecule has 0 spiro atoms. The Morgan fingerprint density at radius 3 is 2.44 bits per heavy atom. The number of imidazole rings is 1. The van der Waals surface area contributed by atoms with Crippen molar-refractivity contribution in [2.24, 2.45) is 5.92 Å². The van der Waals surface area contributed by atoms with Gasteiger partial charge < -0.3 is 29.3 Å². The van der Waals surface area contributed by atoms with E-state index in [1.165, 1.54) is 4.57 Å². The topological polar surface area (TPSA) is 124 Å². The van der Waals surface area contributed by atoms with Gasteiger partial charge in [-0.2, -0.15) is 9.97 Å². The van der Waals surface area contributed by atoms with Gasteiger partial charge in [0.1, 0.15) is 11.9 Å². The van der Waals surface area contributed by atoms with Crippen LogP contribution in [-0.4, -0.2) is 94.6 Å². The monoisotopic (exact) mass is 627 g/mol. The highest BCUT2D eigenvalue weighted by atomic mass is 19.3. The summed E-state index contributed by atoms with van der Waals surface area (Å²) in [6.07, 6.45) is 0.689. The number of para-hydroxylation sites is 2. The van der Waals surface area contributed by atoms with Crippen LogP contribution >= 0.6 is 0 Å². The number of alkyl halides is 2. The third-order valence-electron chi connectivity index (χ3n) is 8.70. The maximum Gasteiger partial charge on any atom is 0.407 e. The molecule has 1 saturated carbocycles. The van der Waals surface area contributed by atoms with E-state index in [0.717, 1.165) is 0 Å². The lowest BCUT2D eigenvalue weighted by molar-refractivity contribution is -0.138. The van der Waals surface area contributed by atoms with Gasteiger partial charge in [-0.05, 0) is 57.6 Å². The second-order valence-corrected chi connectivity index (χ2v) is 11.6. The molecule has 2 saturated heterocycles. The molecule has 3 aromatic rings. The average Bonchev–Trinajstić information content (AvgIpc) is 3.46. The summed E-state index contributed by atoms with van der Waals surface area (Å²) < 4.78 is 46.6. The minimum atomic E-state index is -2.81. The number of alkyl carbamates (subject to hydrolysis) is 1. The van der Waals surface area contributed by atoms with Crippen LogP contribution in [0.15, 0.2) is 30.3 Å². The van der Waals surface area contributed by atoms with Crippen molar-refractivity contribution in [2.75, 3.05) is 50.9 Å². The number of carbonyl (C=O) groups excluding carboxylic acids is 2. The molecular weight excluding hydrogens is 588 g/mol. The molecule has 4 heterocycles. The summed E-state index contributed by atoms with van der Waals surface area (Å²) in [5, 5.41) is 2.87. The molecule has 1 N–H and O–H groups in total. The molecule has 45 heavy (non-hydrogen) atoms. The van der Waals surface area contributed by atoms with Crippen molar-refractivity contribution in [1.29, 1.82) is 0 Å². The lowest BCUT2D eigenvalue weighted by atomic mass is 9.86. The number of hydrogen-bond donors (Lipinski definition) is 1.